The molecule has 0 aliphatic rings. The molecule has 0 fully saturated rings. The number of thiophene rings is 4. The predicted molar refractivity (Wildman–Crippen MR) is 352 cm³/mol. The minimum Gasteiger partial charge on any atom is -0.489 e. The largest absolute Gasteiger partial charge is 0.489 e. The van der Waals surface area contributed by atoms with Gasteiger partial charge in [0.15, 0.2) is 92.5 Å². The fourth-order valence-corrected chi connectivity index (χ4v) is 15.2. The van der Waals surface area contributed by atoms with E-state index in [1.165, 1.54) is 9.38 Å². The number of ether oxygens (including phenoxy) is 8. The first-order chi connectivity index (χ1) is 42.5. The highest BCUT2D eigenvalue weighted by Crippen LogP contribution is 2.55. The van der Waals surface area contributed by atoms with Crippen molar-refractivity contribution in [2.24, 2.45) is 0 Å². The van der Waals surface area contributed by atoms with Crippen LogP contribution in [0.1, 0.15) is 178 Å². The molecule has 0 atom stereocenters. The Labute approximate surface area is 539 Å². The van der Waals surface area contributed by atoms with E-state index in [-0.39, 0.29) is 57.5 Å². The molecule has 0 N–H and O–H groups in total. The molecule has 0 saturated heterocycles. The monoisotopic (exact) mass is 1350 g/mol. The molecule has 6 aromatic rings. The summed E-state index contributed by atoms with van der Waals surface area (Å²) in [7, 11) is -1.38. The molecule has 0 unspecified atom stereocenters. The van der Waals surface area contributed by atoms with Crippen LogP contribution in [-0.4, -0.2) is 60.9 Å². The van der Waals surface area contributed by atoms with E-state index in [2.05, 4.69) is 40.4 Å². The smallest absolute Gasteiger partial charge is 0.200 e. The highest BCUT2D eigenvalue weighted by atomic mass is 32.1. The van der Waals surface area contributed by atoms with Gasteiger partial charge < -0.3 is 37.9 Å². The molecule has 22 heteroatoms. The minimum atomic E-state index is -2.19. The molecule has 0 radical (unpaired) electrons. The Hall–Kier alpha value is -4.77. The van der Waals surface area contributed by atoms with Crippen LogP contribution >= 0.6 is 45.3 Å². The molecule has 4 heterocycles. The number of aryl methyl sites for hydroxylation is 4. The first kappa shape index (κ1) is 76.7. The summed E-state index contributed by atoms with van der Waals surface area (Å²) in [5.74, 6) is -12.6. The molecule has 6 rings (SSSR count). The van der Waals surface area contributed by atoms with Crippen molar-refractivity contribution in [2.45, 2.75) is 205 Å². The molecule has 0 saturated carbocycles. The Balaban J connectivity index is 0.000000309. The number of hydrogen-bond acceptors (Lipinski definition) is 12. The summed E-state index contributed by atoms with van der Waals surface area (Å²) in [6.07, 6.45) is 14.0. The third kappa shape index (κ3) is 20.1. The van der Waals surface area contributed by atoms with Gasteiger partial charge in [0.1, 0.15) is 0 Å². The van der Waals surface area contributed by atoms with E-state index in [1.54, 1.807) is 20.8 Å². The van der Waals surface area contributed by atoms with Crippen molar-refractivity contribution in [2.75, 3.05) is 52.9 Å². The second-order valence-electron chi connectivity index (χ2n) is 22.4. The van der Waals surface area contributed by atoms with Crippen molar-refractivity contribution in [3.8, 4) is 77.3 Å². The third-order valence-corrected chi connectivity index (χ3v) is 21.6. The molecule has 0 amide bonds. The zero-order valence-electron chi connectivity index (χ0n) is 54.8. The van der Waals surface area contributed by atoms with E-state index in [0.29, 0.717) is 65.2 Å². The second-order valence-corrected chi connectivity index (χ2v) is 32.7. The van der Waals surface area contributed by atoms with Crippen LogP contribution in [0.25, 0.3) is 31.3 Å². The lowest BCUT2D eigenvalue weighted by atomic mass is 10.0. The van der Waals surface area contributed by atoms with Crippen molar-refractivity contribution < 1.29 is 77.4 Å². The van der Waals surface area contributed by atoms with Gasteiger partial charge in [0, 0.05) is 24.0 Å². The lowest BCUT2D eigenvalue weighted by molar-refractivity contribution is 0.263. The van der Waals surface area contributed by atoms with Gasteiger partial charge in [0.25, 0.3) is 0 Å². The van der Waals surface area contributed by atoms with Gasteiger partial charge in [-0.2, -0.15) is 0 Å². The van der Waals surface area contributed by atoms with E-state index in [9.17, 15) is 22.0 Å². The van der Waals surface area contributed by atoms with Gasteiger partial charge in [-0.25, -0.2) is 39.5 Å². The van der Waals surface area contributed by atoms with Crippen LogP contribution < -0.4 is 42.4 Å². The summed E-state index contributed by atoms with van der Waals surface area (Å²) >= 11 is 4.72. The Morgan fingerprint density at radius 2 is 0.438 bits per heavy atom. The third-order valence-electron chi connectivity index (χ3n) is 13.7. The molecule has 0 bridgehead atoms. The molecular formula is C67H93F9O8S4Si. The van der Waals surface area contributed by atoms with Gasteiger partial charge in [-0.05, 0) is 79.1 Å². The van der Waals surface area contributed by atoms with Crippen molar-refractivity contribution in [1.82, 2.24) is 0 Å². The van der Waals surface area contributed by atoms with Crippen LogP contribution in [0, 0.1) is 80.0 Å². The van der Waals surface area contributed by atoms with Gasteiger partial charge in [-0.15, -0.1) is 45.3 Å². The van der Waals surface area contributed by atoms with Gasteiger partial charge >= 0.3 is 0 Å². The standard InChI is InChI=1S/C32H42F4O4S2.C19H21F5O2S.C16H30O2SSi/c1-7-11-15-37-27-19(5)41-31(29(27)39-17-13-9-3)21-23(33)25(35)22(26(36)24(21)34)32-30(40-18-14-10-4)28(20(6)42-32)38-16-12-8-2;1-4-6-8-25-17-10(3)27-19(18(17)26-9-7-5-2)11-12(20)14(22)16(24)15(23)13(11)21;1-7-9-11-17-14-13(3)19-16(20(4,5)6)15(14)18-12-10-8-2/h7-18H2,1-6H3;4-9H2,1-3H3;7-12H2,1-6H3. The maximum atomic E-state index is 15.9. The summed E-state index contributed by atoms with van der Waals surface area (Å²) in [5.41, 5.74) is -2.60. The molecule has 89 heavy (non-hydrogen) atoms. The average Bonchev–Trinajstić information content (AvgIpc) is 1.77. The number of benzene rings is 2. The number of halogens is 9. The van der Waals surface area contributed by atoms with Crippen LogP contribution in [0.2, 0.25) is 19.6 Å². The Morgan fingerprint density at radius 3 is 0.663 bits per heavy atom. The van der Waals surface area contributed by atoms with Crippen molar-refractivity contribution in [3.63, 3.8) is 0 Å². The molecular weight excluding hydrogens is 1260 g/mol. The van der Waals surface area contributed by atoms with Crippen LogP contribution in [0.5, 0.6) is 46.0 Å². The molecule has 2 aromatic carbocycles. The summed E-state index contributed by atoms with van der Waals surface area (Å²) < 4.78 is 182. The minimum absolute atomic E-state index is 0.0188. The highest BCUT2D eigenvalue weighted by molar-refractivity contribution is 7.27. The Kier molecular flexibility index (Phi) is 33.0. The average molecular weight is 1350 g/mol. The van der Waals surface area contributed by atoms with Crippen molar-refractivity contribution in [3.05, 3.63) is 71.9 Å². The van der Waals surface area contributed by atoms with Crippen LogP contribution in [0.3, 0.4) is 0 Å². The predicted octanol–water partition coefficient (Wildman–Crippen LogP) is 22.8. The Morgan fingerprint density at radius 1 is 0.258 bits per heavy atom. The molecule has 0 aliphatic heterocycles. The fraction of sp³-hybridized carbons (Fsp3) is 0.582. The van der Waals surface area contributed by atoms with Gasteiger partial charge in [-0.3, -0.25) is 0 Å². The SMILES string of the molecule is CCCCOc1c(C)sc(-c2c(F)c(F)c(-c3sc(C)c(OCCCC)c3OCCCC)c(F)c2F)c1OCCCC.CCCCOc1c(C)sc(-c2c(F)c(F)c(F)c(F)c2F)c1OCCCC.CCCCOc1c(C)sc([Si](C)(C)C)c1OCCCC. The van der Waals surface area contributed by atoms with Gasteiger partial charge in [-0.1, -0.05) is 126 Å². The first-order valence-electron chi connectivity index (χ1n) is 31.4. The molecule has 0 spiro atoms. The van der Waals surface area contributed by atoms with Crippen LogP contribution in [-0.2, 0) is 0 Å². The normalized spacial score (nSPS) is 11.3. The van der Waals surface area contributed by atoms with E-state index in [4.69, 9.17) is 37.9 Å². The van der Waals surface area contributed by atoms with Gasteiger partial charge in [0.05, 0.1) is 92.3 Å². The number of unbranched alkanes of at least 4 members (excludes halogenated alkanes) is 8. The molecule has 0 aliphatic carbocycles. The topological polar surface area (TPSA) is 73.8 Å². The molecule has 8 nitrogen and oxygen atoms in total. The van der Waals surface area contributed by atoms with E-state index >= 15 is 17.6 Å². The fourth-order valence-electron chi connectivity index (χ4n) is 8.60. The summed E-state index contributed by atoms with van der Waals surface area (Å²) in [6, 6.07) is 0. The summed E-state index contributed by atoms with van der Waals surface area (Å²) in [5, 5.41) is 0. The number of rotatable bonds is 36. The second kappa shape index (κ2) is 38.3. The lowest BCUT2D eigenvalue weighted by Gasteiger charge is -2.18. The maximum Gasteiger partial charge on any atom is 0.200 e. The van der Waals surface area contributed by atoms with E-state index < -0.39 is 77.1 Å². The highest BCUT2D eigenvalue weighted by Gasteiger charge is 2.36. The maximum absolute atomic E-state index is 15.9. The molecule has 4 aromatic heterocycles. The van der Waals surface area contributed by atoms with Crippen molar-refractivity contribution >= 4 is 57.9 Å². The summed E-state index contributed by atoms with van der Waals surface area (Å²) in [6.45, 7) is 34.2. The van der Waals surface area contributed by atoms with Crippen LogP contribution in [0.4, 0.5) is 39.5 Å². The zero-order valence-corrected chi connectivity index (χ0v) is 59.0. The number of hydrogen-bond donors (Lipinski definition) is 0. The van der Waals surface area contributed by atoms with Gasteiger partial charge in [0.2, 0.25) is 5.82 Å². The zero-order chi connectivity index (χ0) is 66.1. The molecule has 500 valence electrons. The lowest BCUT2D eigenvalue weighted by Crippen LogP contribution is -2.36. The van der Waals surface area contributed by atoms with Crippen molar-refractivity contribution in [1.29, 1.82) is 0 Å². The van der Waals surface area contributed by atoms with E-state index in [1.807, 2.05) is 52.9 Å². The summed E-state index contributed by atoms with van der Waals surface area (Å²) in [4.78, 5) is 2.76. The van der Waals surface area contributed by atoms with E-state index in [0.717, 1.165) is 142 Å². The van der Waals surface area contributed by atoms with Crippen LogP contribution in [0.15, 0.2) is 0 Å². The Bertz CT molecular complexity index is 2990. The quantitative estimate of drug-likeness (QED) is 0.0127. The first-order valence-corrected chi connectivity index (χ1v) is 38.2.